The van der Waals surface area contributed by atoms with Crippen LogP contribution in [0.1, 0.15) is 12.5 Å². The number of benzene rings is 1. The van der Waals surface area contributed by atoms with Gasteiger partial charge in [-0.15, -0.1) is 0 Å². The molecule has 116 valence electrons. The second kappa shape index (κ2) is 6.44. The van der Waals surface area contributed by atoms with Gasteiger partial charge in [-0.3, -0.25) is 14.6 Å². The number of aliphatic imine (C=N–C) groups is 1. The number of H-pyrrole nitrogens is 1. The van der Waals surface area contributed by atoms with Crippen LogP contribution >= 0.6 is 11.3 Å². The number of ether oxygens (including phenoxy) is 2. The van der Waals surface area contributed by atoms with Crippen LogP contribution in [-0.4, -0.2) is 30.0 Å². The van der Waals surface area contributed by atoms with Crippen LogP contribution < -0.4 is 19.9 Å². The molecule has 0 amide bonds. The fourth-order valence-electron chi connectivity index (χ4n) is 1.86. The molecule has 0 aliphatic carbocycles. The minimum atomic E-state index is -0.690. The minimum Gasteiger partial charge on any atom is -0.499 e. The first-order valence-corrected chi connectivity index (χ1v) is 7.02. The van der Waals surface area contributed by atoms with Crippen molar-refractivity contribution in [2.75, 3.05) is 14.2 Å². The number of aromatic amines is 1. The number of rotatable bonds is 4. The molecule has 0 saturated heterocycles. The molecule has 0 fully saturated rings. The van der Waals surface area contributed by atoms with E-state index in [1.54, 1.807) is 25.1 Å². The van der Waals surface area contributed by atoms with Crippen LogP contribution in [0.25, 0.3) is 0 Å². The van der Waals surface area contributed by atoms with E-state index < -0.39 is 10.4 Å². The van der Waals surface area contributed by atoms with Crippen LogP contribution in [0.3, 0.4) is 0 Å². The largest absolute Gasteiger partial charge is 0.499 e. The van der Waals surface area contributed by atoms with Crippen LogP contribution in [0.4, 0.5) is 5.69 Å². The number of nitrogens with zero attached hydrogens (tertiary/aromatic N) is 1. The average molecular weight is 322 g/mol. The summed E-state index contributed by atoms with van der Waals surface area (Å²) in [5, 5.41) is 9.43. The summed E-state index contributed by atoms with van der Waals surface area (Å²) in [4.78, 5) is 28.8. The van der Waals surface area contributed by atoms with Crippen molar-refractivity contribution in [3.8, 4) is 16.6 Å². The van der Waals surface area contributed by atoms with Crippen LogP contribution in [-0.2, 0) is 0 Å². The summed E-state index contributed by atoms with van der Waals surface area (Å²) in [7, 11) is 3.02. The summed E-state index contributed by atoms with van der Waals surface area (Å²) in [5.41, 5.74) is -0.0465. The van der Waals surface area contributed by atoms with E-state index in [1.807, 2.05) is 0 Å². The van der Waals surface area contributed by atoms with E-state index in [9.17, 15) is 14.7 Å². The Balaban J connectivity index is 2.59. The topological polar surface area (TPSA) is 101 Å². The molecule has 2 aromatic rings. The van der Waals surface area contributed by atoms with Gasteiger partial charge in [-0.05, 0) is 30.4 Å². The van der Waals surface area contributed by atoms with Gasteiger partial charge in [-0.2, -0.15) is 0 Å². The van der Waals surface area contributed by atoms with Crippen molar-refractivity contribution in [3.05, 3.63) is 43.8 Å². The van der Waals surface area contributed by atoms with E-state index in [2.05, 4.69) is 9.98 Å². The van der Waals surface area contributed by atoms with E-state index in [-0.39, 0.29) is 16.3 Å². The Hall–Kier alpha value is -2.61. The van der Waals surface area contributed by atoms with Gasteiger partial charge in [0.05, 0.1) is 19.9 Å². The second-order valence-electron chi connectivity index (χ2n) is 4.26. The molecule has 2 rings (SSSR count). The Labute approximate surface area is 129 Å². The maximum absolute atomic E-state index is 11.8. The third-order valence-corrected chi connectivity index (χ3v) is 3.57. The monoisotopic (exact) mass is 322 g/mol. The van der Waals surface area contributed by atoms with Crippen molar-refractivity contribution in [1.82, 2.24) is 4.98 Å². The van der Waals surface area contributed by atoms with Crippen LogP contribution in [0.15, 0.2) is 32.8 Å². The highest BCUT2D eigenvalue weighted by Gasteiger charge is 2.13. The van der Waals surface area contributed by atoms with E-state index in [0.29, 0.717) is 28.5 Å². The fourth-order valence-corrected chi connectivity index (χ4v) is 2.52. The van der Waals surface area contributed by atoms with Gasteiger partial charge in [0.1, 0.15) is 22.7 Å². The number of nitrogens with one attached hydrogen (secondary N) is 1. The van der Waals surface area contributed by atoms with Gasteiger partial charge >= 0.3 is 4.87 Å². The molecule has 0 aliphatic rings. The van der Waals surface area contributed by atoms with Crippen molar-refractivity contribution < 1.29 is 14.6 Å². The lowest BCUT2D eigenvalue weighted by atomic mass is 10.2. The highest BCUT2D eigenvalue weighted by atomic mass is 32.1. The molecule has 0 aliphatic heterocycles. The Kier molecular flexibility index (Phi) is 4.62. The highest BCUT2D eigenvalue weighted by molar-refractivity contribution is 7.11. The van der Waals surface area contributed by atoms with Crippen LogP contribution in [0.5, 0.6) is 16.6 Å². The van der Waals surface area contributed by atoms with E-state index in [1.165, 1.54) is 14.2 Å². The molecule has 0 saturated carbocycles. The smallest absolute Gasteiger partial charge is 0.310 e. The van der Waals surface area contributed by atoms with Crippen LogP contribution in [0, 0.1) is 0 Å². The molecular weight excluding hydrogens is 308 g/mol. The van der Waals surface area contributed by atoms with Gasteiger partial charge in [-0.25, -0.2) is 4.99 Å². The van der Waals surface area contributed by atoms with E-state index in [4.69, 9.17) is 9.47 Å². The number of hydrogen-bond donors (Lipinski definition) is 2. The van der Waals surface area contributed by atoms with Gasteiger partial charge in [-0.1, -0.05) is 0 Å². The predicted molar refractivity (Wildman–Crippen MR) is 84.3 cm³/mol. The lowest BCUT2D eigenvalue weighted by Crippen LogP contribution is -2.22. The first-order chi connectivity index (χ1) is 10.5. The zero-order valence-corrected chi connectivity index (χ0v) is 13.0. The third-order valence-electron chi connectivity index (χ3n) is 2.88. The zero-order chi connectivity index (χ0) is 16.3. The molecule has 22 heavy (non-hydrogen) atoms. The summed E-state index contributed by atoms with van der Waals surface area (Å²) in [6.07, 6.45) is 0. The van der Waals surface area contributed by atoms with Gasteiger partial charge in [0, 0.05) is 6.07 Å². The minimum absolute atomic E-state index is 0.0468. The van der Waals surface area contributed by atoms with Crippen LogP contribution in [0.2, 0.25) is 0 Å². The standard InChI is InChI=1S/C14H14N2O5S/c1-7(11-12(17)16-14(19)22-13(11)18)15-9-6-8(20-2)4-5-10(9)21-3/h4-6,18H,1-3H3,(H,16,17,19). The Morgan fingerprint density at radius 2 is 2.00 bits per heavy atom. The number of methoxy groups -OCH3 is 2. The molecular formula is C14H14N2O5S. The van der Waals surface area contributed by atoms with E-state index >= 15 is 0 Å². The first-order valence-electron chi connectivity index (χ1n) is 6.20. The average Bonchev–Trinajstić information content (AvgIpc) is 2.46. The van der Waals surface area contributed by atoms with Crippen molar-refractivity contribution in [3.63, 3.8) is 0 Å². The number of aromatic nitrogens is 1. The Morgan fingerprint density at radius 3 is 2.59 bits per heavy atom. The molecule has 0 bridgehead atoms. The van der Waals surface area contributed by atoms with Crippen molar-refractivity contribution >= 4 is 22.7 Å². The van der Waals surface area contributed by atoms with Gasteiger partial charge in [0.15, 0.2) is 5.06 Å². The summed E-state index contributed by atoms with van der Waals surface area (Å²) in [5.74, 6) is 1.06. The lowest BCUT2D eigenvalue weighted by Gasteiger charge is -2.08. The lowest BCUT2D eigenvalue weighted by molar-refractivity contribution is 0.404. The number of hydrogen-bond acceptors (Lipinski definition) is 7. The van der Waals surface area contributed by atoms with Gasteiger partial charge in [0.25, 0.3) is 5.56 Å². The van der Waals surface area contributed by atoms with Gasteiger partial charge < -0.3 is 14.6 Å². The molecule has 1 heterocycles. The molecule has 0 radical (unpaired) electrons. The predicted octanol–water partition coefficient (Wildman–Crippen LogP) is 1.66. The summed E-state index contributed by atoms with van der Waals surface area (Å²) in [6, 6.07) is 5.03. The molecule has 7 nitrogen and oxygen atoms in total. The fraction of sp³-hybridized carbons (Fsp3) is 0.214. The Bertz CT molecular complexity index is 838. The van der Waals surface area contributed by atoms with Crippen molar-refractivity contribution in [2.45, 2.75) is 6.92 Å². The molecule has 8 heteroatoms. The molecule has 2 N–H and O–H groups in total. The SMILES string of the molecule is COc1ccc(OC)c(N=C(C)c2c(O)sc(=O)[nH]c2=O)c1. The first kappa shape index (κ1) is 15.8. The van der Waals surface area contributed by atoms with Crippen molar-refractivity contribution in [2.24, 2.45) is 4.99 Å². The summed E-state index contributed by atoms with van der Waals surface area (Å²) < 4.78 is 10.3. The van der Waals surface area contributed by atoms with Gasteiger partial charge in [0.2, 0.25) is 0 Å². The second-order valence-corrected chi connectivity index (χ2v) is 5.22. The molecule has 1 aromatic heterocycles. The summed E-state index contributed by atoms with van der Waals surface area (Å²) in [6.45, 7) is 1.56. The van der Waals surface area contributed by atoms with E-state index in [0.717, 1.165) is 0 Å². The number of aromatic hydroxyl groups is 1. The third kappa shape index (κ3) is 3.17. The molecule has 0 spiro atoms. The maximum Gasteiger partial charge on any atom is 0.310 e. The van der Waals surface area contributed by atoms with Crippen molar-refractivity contribution in [1.29, 1.82) is 0 Å². The zero-order valence-electron chi connectivity index (χ0n) is 12.2. The molecule has 0 atom stereocenters. The maximum atomic E-state index is 11.8. The Morgan fingerprint density at radius 1 is 1.27 bits per heavy atom. The normalized spacial score (nSPS) is 11.3. The molecule has 0 unspecified atom stereocenters. The highest BCUT2D eigenvalue weighted by Crippen LogP contribution is 2.32. The quantitative estimate of drug-likeness (QED) is 0.834. The summed E-state index contributed by atoms with van der Waals surface area (Å²) >= 11 is 0.537. The molecule has 1 aromatic carbocycles.